The number of hydrogen-bond donors (Lipinski definition) is 0. The number of halogens is 1. The van der Waals surface area contributed by atoms with Crippen molar-refractivity contribution in [2.45, 2.75) is 40.0 Å². The van der Waals surface area contributed by atoms with Gasteiger partial charge in [-0.1, -0.05) is 17.3 Å². The van der Waals surface area contributed by atoms with E-state index in [4.69, 9.17) is 9.26 Å². The third-order valence-electron chi connectivity index (χ3n) is 4.43. The first-order chi connectivity index (χ1) is 12.9. The summed E-state index contributed by atoms with van der Waals surface area (Å²) in [6.07, 6.45) is 1.25. The van der Waals surface area contributed by atoms with E-state index in [1.807, 2.05) is 32.9 Å². The highest BCUT2D eigenvalue weighted by atomic mass is 19.1. The average Bonchev–Trinajstić information content (AvgIpc) is 3.11. The second-order valence-electron chi connectivity index (χ2n) is 6.50. The monoisotopic (exact) mass is 368 g/mol. The van der Waals surface area contributed by atoms with Crippen LogP contribution in [0.1, 0.15) is 35.4 Å². The molecule has 5 nitrogen and oxygen atoms in total. The summed E-state index contributed by atoms with van der Waals surface area (Å²) in [5, 5.41) is 3.89. The summed E-state index contributed by atoms with van der Waals surface area (Å²) >= 11 is 0. The van der Waals surface area contributed by atoms with Gasteiger partial charge in [-0.3, -0.25) is 4.79 Å². The normalized spacial score (nSPS) is 10.8. The van der Waals surface area contributed by atoms with Crippen molar-refractivity contribution in [1.82, 2.24) is 10.1 Å². The summed E-state index contributed by atoms with van der Waals surface area (Å²) in [4.78, 5) is 16.4. The van der Waals surface area contributed by atoms with Gasteiger partial charge in [-0.05, 0) is 68.1 Å². The predicted molar refractivity (Wildman–Crippen MR) is 98.9 cm³/mol. The third kappa shape index (κ3) is 4.58. The molecule has 3 rings (SSSR count). The molecule has 0 fully saturated rings. The van der Waals surface area contributed by atoms with E-state index < -0.39 is 0 Å². The highest BCUT2D eigenvalue weighted by molar-refractivity contribution is 5.73. The van der Waals surface area contributed by atoms with Crippen LogP contribution in [-0.2, 0) is 11.2 Å². The molecule has 0 aliphatic rings. The smallest absolute Gasteiger partial charge is 0.311 e. The van der Waals surface area contributed by atoms with E-state index >= 15 is 0 Å². The van der Waals surface area contributed by atoms with E-state index in [0.717, 1.165) is 16.7 Å². The summed E-state index contributed by atoms with van der Waals surface area (Å²) in [7, 11) is 0. The number of aryl methyl sites for hydroxylation is 3. The molecule has 6 heteroatoms. The van der Waals surface area contributed by atoms with Gasteiger partial charge in [0.05, 0.1) is 0 Å². The van der Waals surface area contributed by atoms with Crippen molar-refractivity contribution >= 4 is 5.97 Å². The number of rotatable bonds is 6. The Morgan fingerprint density at radius 2 is 1.78 bits per heavy atom. The molecular formula is C21H21FN2O3. The van der Waals surface area contributed by atoms with E-state index in [-0.39, 0.29) is 18.2 Å². The third-order valence-corrected chi connectivity index (χ3v) is 4.43. The van der Waals surface area contributed by atoms with Gasteiger partial charge >= 0.3 is 5.97 Å². The van der Waals surface area contributed by atoms with Crippen molar-refractivity contribution in [2.75, 3.05) is 0 Å². The molecule has 0 N–H and O–H groups in total. The van der Waals surface area contributed by atoms with E-state index in [2.05, 4.69) is 10.1 Å². The van der Waals surface area contributed by atoms with Crippen LogP contribution in [0.15, 0.2) is 40.9 Å². The lowest BCUT2D eigenvalue weighted by Gasteiger charge is -2.12. The van der Waals surface area contributed by atoms with Gasteiger partial charge in [-0.25, -0.2) is 4.39 Å². The van der Waals surface area contributed by atoms with E-state index in [1.165, 1.54) is 12.1 Å². The number of aromatic nitrogens is 2. The second-order valence-corrected chi connectivity index (χ2v) is 6.50. The molecule has 0 bridgehead atoms. The largest absolute Gasteiger partial charge is 0.426 e. The Morgan fingerprint density at radius 1 is 1.07 bits per heavy atom. The van der Waals surface area contributed by atoms with Crippen molar-refractivity contribution in [3.05, 3.63) is 64.8 Å². The topological polar surface area (TPSA) is 65.2 Å². The molecular weight excluding hydrogens is 347 g/mol. The lowest BCUT2D eigenvalue weighted by atomic mass is 10.1. The fourth-order valence-electron chi connectivity index (χ4n) is 2.70. The summed E-state index contributed by atoms with van der Waals surface area (Å²) in [5.74, 6) is 0.866. The molecule has 3 aromatic rings. The molecule has 0 radical (unpaired) electrons. The molecule has 0 saturated carbocycles. The van der Waals surface area contributed by atoms with Crippen LogP contribution in [0.2, 0.25) is 0 Å². The number of esters is 1. The zero-order valence-electron chi connectivity index (χ0n) is 15.6. The lowest BCUT2D eigenvalue weighted by molar-refractivity contribution is -0.134. The molecule has 0 saturated heterocycles. The predicted octanol–water partition coefficient (Wildman–Crippen LogP) is 4.73. The fraction of sp³-hybridized carbons (Fsp3) is 0.286. The Morgan fingerprint density at radius 3 is 2.52 bits per heavy atom. The maximum absolute atomic E-state index is 13.0. The van der Waals surface area contributed by atoms with Crippen molar-refractivity contribution in [3.63, 3.8) is 0 Å². The van der Waals surface area contributed by atoms with Gasteiger partial charge in [0, 0.05) is 18.4 Å². The van der Waals surface area contributed by atoms with Crippen molar-refractivity contribution in [1.29, 1.82) is 0 Å². The van der Waals surface area contributed by atoms with Crippen LogP contribution in [0.5, 0.6) is 5.75 Å². The zero-order valence-corrected chi connectivity index (χ0v) is 15.6. The molecule has 1 heterocycles. The number of hydrogen-bond acceptors (Lipinski definition) is 5. The maximum atomic E-state index is 13.0. The van der Waals surface area contributed by atoms with Crippen LogP contribution in [0, 0.1) is 26.6 Å². The van der Waals surface area contributed by atoms with Crippen molar-refractivity contribution in [3.8, 4) is 17.1 Å². The number of nitrogens with zero attached hydrogens (tertiary/aromatic N) is 2. The number of benzene rings is 2. The van der Waals surface area contributed by atoms with Crippen LogP contribution < -0.4 is 4.74 Å². The van der Waals surface area contributed by atoms with Crippen LogP contribution in [0.3, 0.4) is 0 Å². The Hall–Kier alpha value is -3.02. The molecule has 140 valence electrons. The number of ether oxygens (including phenoxy) is 1. The van der Waals surface area contributed by atoms with E-state index in [0.29, 0.717) is 35.9 Å². The summed E-state index contributed by atoms with van der Waals surface area (Å²) in [6.45, 7) is 5.85. The minimum Gasteiger partial charge on any atom is -0.426 e. The molecule has 0 spiro atoms. The van der Waals surface area contributed by atoms with Gasteiger partial charge < -0.3 is 9.26 Å². The van der Waals surface area contributed by atoms with Gasteiger partial charge in [0.2, 0.25) is 11.7 Å². The molecule has 0 aliphatic carbocycles. The summed E-state index contributed by atoms with van der Waals surface area (Å²) in [6, 6.07) is 9.83. The maximum Gasteiger partial charge on any atom is 0.311 e. The minimum atomic E-state index is -0.319. The van der Waals surface area contributed by atoms with Crippen LogP contribution >= 0.6 is 0 Å². The Balaban J connectivity index is 1.54. The SMILES string of the molecule is Cc1ccc(C)c(OC(=O)CCCc2nc(-c3ccc(F)cc3)no2)c1C. The van der Waals surface area contributed by atoms with E-state index in [1.54, 1.807) is 12.1 Å². The first-order valence-corrected chi connectivity index (χ1v) is 8.80. The number of carbonyl (C=O) groups is 1. The van der Waals surface area contributed by atoms with Gasteiger partial charge in [-0.2, -0.15) is 4.98 Å². The molecule has 0 amide bonds. The van der Waals surface area contributed by atoms with Crippen LogP contribution in [0.4, 0.5) is 4.39 Å². The quantitative estimate of drug-likeness (QED) is 0.465. The summed E-state index contributed by atoms with van der Waals surface area (Å²) in [5.41, 5.74) is 3.68. The highest BCUT2D eigenvalue weighted by Gasteiger charge is 2.13. The lowest BCUT2D eigenvalue weighted by Crippen LogP contribution is -2.10. The molecule has 2 aromatic carbocycles. The van der Waals surface area contributed by atoms with Crippen LogP contribution in [-0.4, -0.2) is 16.1 Å². The zero-order chi connectivity index (χ0) is 19.4. The second kappa shape index (κ2) is 8.12. The van der Waals surface area contributed by atoms with Crippen molar-refractivity contribution < 1.29 is 18.4 Å². The first kappa shape index (κ1) is 18.8. The molecule has 1 aromatic heterocycles. The average molecular weight is 368 g/mol. The van der Waals surface area contributed by atoms with E-state index in [9.17, 15) is 9.18 Å². The first-order valence-electron chi connectivity index (χ1n) is 8.80. The molecule has 0 aliphatic heterocycles. The molecule has 0 atom stereocenters. The van der Waals surface area contributed by atoms with Gasteiger partial charge in [-0.15, -0.1) is 0 Å². The standard InChI is InChI=1S/C21H21FN2O3/c1-13-7-8-14(2)20(15(13)3)26-19(25)6-4-5-18-23-21(24-27-18)16-9-11-17(22)12-10-16/h7-12H,4-6H2,1-3H3. The number of carbonyl (C=O) groups excluding carboxylic acids is 1. The summed E-state index contributed by atoms with van der Waals surface area (Å²) < 4.78 is 23.7. The minimum absolute atomic E-state index is 0.251. The van der Waals surface area contributed by atoms with Crippen molar-refractivity contribution in [2.24, 2.45) is 0 Å². The Kier molecular flexibility index (Phi) is 5.64. The Labute approximate surface area is 157 Å². The Bertz CT molecular complexity index is 949. The molecule has 0 unspecified atom stereocenters. The molecule has 27 heavy (non-hydrogen) atoms. The highest BCUT2D eigenvalue weighted by Crippen LogP contribution is 2.26. The fourth-order valence-corrected chi connectivity index (χ4v) is 2.70. The van der Waals surface area contributed by atoms with Gasteiger partial charge in [0.15, 0.2) is 0 Å². The van der Waals surface area contributed by atoms with Gasteiger partial charge in [0.1, 0.15) is 11.6 Å². The van der Waals surface area contributed by atoms with Gasteiger partial charge in [0.25, 0.3) is 0 Å². The van der Waals surface area contributed by atoms with Crippen LogP contribution in [0.25, 0.3) is 11.4 Å².